The van der Waals surface area contributed by atoms with Gasteiger partial charge < -0.3 is 15.1 Å². The van der Waals surface area contributed by atoms with Crippen LogP contribution in [0.15, 0.2) is 24.3 Å². The van der Waals surface area contributed by atoms with E-state index in [4.69, 9.17) is 0 Å². The molecule has 0 bridgehead atoms. The van der Waals surface area contributed by atoms with E-state index in [1.54, 1.807) is 22.9 Å². The Morgan fingerprint density at radius 1 is 1.09 bits per heavy atom. The Hall–Kier alpha value is -3.04. The summed E-state index contributed by atoms with van der Waals surface area (Å²) < 4.78 is 40.0. The van der Waals surface area contributed by atoms with Crippen LogP contribution >= 0.6 is 0 Å². The highest BCUT2D eigenvalue weighted by Crippen LogP contribution is 2.38. The Labute approximate surface area is 191 Å². The maximum Gasteiger partial charge on any atom is 0.416 e. The van der Waals surface area contributed by atoms with Crippen LogP contribution in [0.25, 0.3) is 0 Å². The van der Waals surface area contributed by atoms with E-state index in [0.29, 0.717) is 56.7 Å². The van der Waals surface area contributed by atoms with E-state index in [-0.39, 0.29) is 17.9 Å². The Bertz CT molecular complexity index is 981. The maximum atomic E-state index is 13.3. The third-order valence-electron chi connectivity index (χ3n) is 6.13. The molecule has 33 heavy (non-hydrogen) atoms. The van der Waals surface area contributed by atoms with E-state index >= 15 is 0 Å². The van der Waals surface area contributed by atoms with Crippen molar-refractivity contribution in [2.24, 2.45) is 0 Å². The second kappa shape index (κ2) is 10.3. The zero-order chi connectivity index (χ0) is 24.2. The normalized spacial score (nSPS) is 16.5. The molecule has 0 saturated carbocycles. The van der Waals surface area contributed by atoms with Gasteiger partial charge in [-0.3, -0.25) is 9.89 Å². The number of nitrogens with zero attached hydrogens (tertiary/aromatic N) is 3. The summed E-state index contributed by atoms with van der Waals surface area (Å²) in [6, 6.07) is 5.49. The summed E-state index contributed by atoms with van der Waals surface area (Å²) in [4.78, 5) is 28.2. The van der Waals surface area contributed by atoms with Gasteiger partial charge >= 0.3 is 12.2 Å². The average Bonchev–Trinajstić information content (AvgIpc) is 3.27. The van der Waals surface area contributed by atoms with Gasteiger partial charge in [0.1, 0.15) is 0 Å². The molecular formula is C23H30F3N5O2. The van der Waals surface area contributed by atoms with Gasteiger partial charge in [0.15, 0.2) is 5.69 Å². The van der Waals surface area contributed by atoms with Crippen molar-refractivity contribution >= 4 is 11.9 Å². The number of alkyl halides is 3. The number of piperidine rings is 1. The van der Waals surface area contributed by atoms with Gasteiger partial charge in [-0.05, 0) is 36.8 Å². The molecule has 0 atom stereocenters. The first-order chi connectivity index (χ1) is 15.8. The minimum atomic E-state index is -4.39. The van der Waals surface area contributed by atoms with Crippen LogP contribution in [0, 0.1) is 0 Å². The molecule has 0 spiro atoms. The van der Waals surface area contributed by atoms with E-state index in [9.17, 15) is 22.8 Å². The molecule has 0 radical (unpaired) electrons. The molecule has 1 saturated heterocycles. The van der Waals surface area contributed by atoms with Crippen LogP contribution in [0.2, 0.25) is 0 Å². The lowest BCUT2D eigenvalue weighted by Gasteiger charge is -2.33. The highest BCUT2D eigenvalue weighted by molar-refractivity contribution is 5.94. The summed E-state index contributed by atoms with van der Waals surface area (Å²) in [5, 5.41) is 9.65. The van der Waals surface area contributed by atoms with Gasteiger partial charge in [0, 0.05) is 32.2 Å². The molecule has 0 aliphatic carbocycles. The number of H-pyrrole nitrogens is 1. The summed E-state index contributed by atoms with van der Waals surface area (Å²) in [6.07, 6.45) is -2.93. The molecule has 2 aliphatic heterocycles. The van der Waals surface area contributed by atoms with Gasteiger partial charge in [0.05, 0.1) is 17.8 Å². The molecule has 2 aromatic rings. The lowest BCUT2D eigenvalue weighted by atomic mass is 9.86. The van der Waals surface area contributed by atoms with Crippen LogP contribution in [0.3, 0.4) is 0 Å². The number of carbonyl (C=O) groups is 2. The number of aromatic nitrogens is 2. The summed E-state index contributed by atoms with van der Waals surface area (Å²) in [5.41, 5.74) is 1.61. The predicted octanol–water partition coefficient (Wildman–Crippen LogP) is 4.17. The minimum Gasteiger partial charge on any atom is -0.341 e. The molecule has 3 heterocycles. The minimum absolute atomic E-state index is 0.186. The Balaban J connectivity index is 0.00000149. The van der Waals surface area contributed by atoms with Gasteiger partial charge in [0.25, 0.3) is 5.91 Å². The molecule has 1 aromatic carbocycles. The average molecular weight is 466 g/mol. The second-order valence-electron chi connectivity index (χ2n) is 7.91. The standard InChI is InChI=1S/C21H24F3N5O2.C2H6/c1-25-20(31)29-11-8-15-17(12-29)26-27-18(15)19(30)28-9-6-13(7-10-28)14-4-2-3-5-16(14)21(22,23)24;1-2/h2-5,13H,6-12H2,1H3,(H,25,31)(H,26,27);1-2H3. The van der Waals surface area contributed by atoms with Gasteiger partial charge in [0.2, 0.25) is 0 Å². The fourth-order valence-corrected chi connectivity index (χ4v) is 4.48. The van der Waals surface area contributed by atoms with Gasteiger partial charge in [-0.15, -0.1) is 0 Å². The maximum absolute atomic E-state index is 13.3. The summed E-state index contributed by atoms with van der Waals surface area (Å²) in [7, 11) is 1.57. The van der Waals surface area contributed by atoms with Crippen molar-refractivity contribution in [2.45, 2.75) is 51.7 Å². The highest BCUT2D eigenvalue weighted by Gasteiger charge is 2.37. The van der Waals surface area contributed by atoms with Gasteiger partial charge in [-0.2, -0.15) is 18.3 Å². The van der Waals surface area contributed by atoms with E-state index < -0.39 is 11.7 Å². The van der Waals surface area contributed by atoms with Crippen molar-refractivity contribution in [3.63, 3.8) is 0 Å². The first-order valence-corrected chi connectivity index (χ1v) is 11.3. The lowest BCUT2D eigenvalue weighted by Crippen LogP contribution is -2.42. The van der Waals surface area contributed by atoms with E-state index in [1.165, 1.54) is 12.1 Å². The number of benzene rings is 1. The largest absolute Gasteiger partial charge is 0.416 e. The van der Waals surface area contributed by atoms with Crippen LogP contribution < -0.4 is 5.32 Å². The third-order valence-corrected chi connectivity index (χ3v) is 6.13. The predicted molar refractivity (Wildman–Crippen MR) is 118 cm³/mol. The topological polar surface area (TPSA) is 81.3 Å². The Kier molecular flexibility index (Phi) is 7.65. The number of fused-ring (bicyclic) bond motifs is 1. The summed E-state index contributed by atoms with van der Waals surface area (Å²) in [6.45, 7) is 5.59. The number of likely N-dealkylation sites (tertiary alicyclic amines) is 1. The first-order valence-electron chi connectivity index (χ1n) is 11.3. The van der Waals surface area contributed by atoms with Crippen LogP contribution in [0.5, 0.6) is 0 Å². The molecule has 3 amide bonds. The molecular weight excluding hydrogens is 435 g/mol. The van der Waals surface area contributed by atoms with Crippen molar-refractivity contribution < 1.29 is 22.8 Å². The summed E-state index contributed by atoms with van der Waals surface area (Å²) in [5.74, 6) is -0.454. The number of carbonyl (C=O) groups excluding carboxylic acids is 2. The third kappa shape index (κ3) is 5.15. The molecule has 7 nitrogen and oxygen atoms in total. The number of amides is 3. The number of urea groups is 1. The van der Waals surface area contributed by atoms with Gasteiger partial charge in [-0.25, -0.2) is 4.79 Å². The fraction of sp³-hybridized carbons (Fsp3) is 0.522. The highest BCUT2D eigenvalue weighted by atomic mass is 19.4. The number of hydrogen-bond donors (Lipinski definition) is 2. The van der Waals surface area contributed by atoms with Crippen LogP contribution in [0.1, 0.15) is 65.5 Å². The second-order valence-corrected chi connectivity index (χ2v) is 7.91. The van der Waals surface area contributed by atoms with E-state index in [2.05, 4.69) is 15.5 Å². The lowest BCUT2D eigenvalue weighted by molar-refractivity contribution is -0.138. The number of rotatable bonds is 2. The molecule has 2 N–H and O–H groups in total. The summed E-state index contributed by atoms with van der Waals surface area (Å²) >= 11 is 0. The number of hydrogen-bond acceptors (Lipinski definition) is 3. The van der Waals surface area contributed by atoms with Crippen molar-refractivity contribution in [3.05, 3.63) is 52.3 Å². The number of aromatic amines is 1. The first kappa shape index (κ1) is 24.6. The van der Waals surface area contributed by atoms with E-state index in [0.717, 1.165) is 17.3 Å². The molecule has 4 rings (SSSR count). The van der Waals surface area contributed by atoms with Gasteiger partial charge in [-0.1, -0.05) is 32.0 Å². The molecule has 1 aromatic heterocycles. The molecule has 180 valence electrons. The van der Waals surface area contributed by atoms with Crippen LogP contribution in [-0.4, -0.2) is 58.6 Å². The Morgan fingerprint density at radius 2 is 1.76 bits per heavy atom. The Morgan fingerprint density at radius 3 is 2.39 bits per heavy atom. The van der Waals surface area contributed by atoms with Crippen molar-refractivity contribution in [1.29, 1.82) is 0 Å². The van der Waals surface area contributed by atoms with Crippen molar-refractivity contribution in [1.82, 2.24) is 25.3 Å². The molecule has 10 heteroatoms. The zero-order valence-electron chi connectivity index (χ0n) is 19.1. The van der Waals surface area contributed by atoms with E-state index in [1.807, 2.05) is 13.8 Å². The molecule has 1 fully saturated rings. The van der Waals surface area contributed by atoms with Crippen molar-refractivity contribution in [2.75, 3.05) is 26.7 Å². The smallest absolute Gasteiger partial charge is 0.341 e. The molecule has 0 unspecified atom stereocenters. The zero-order valence-corrected chi connectivity index (χ0v) is 19.1. The monoisotopic (exact) mass is 465 g/mol. The number of halogens is 3. The fourth-order valence-electron chi connectivity index (χ4n) is 4.48. The quantitative estimate of drug-likeness (QED) is 0.699. The van der Waals surface area contributed by atoms with Crippen LogP contribution in [-0.2, 0) is 19.1 Å². The van der Waals surface area contributed by atoms with Crippen LogP contribution in [0.4, 0.5) is 18.0 Å². The van der Waals surface area contributed by atoms with Crippen molar-refractivity contribution in [3.8, 4) is 0 Å². The number of nitrogens with one attached hydrogen (secondary N) is 2. The molecule has 2 aliphatic rings. The SMILES string of the molecule is CC.CNC(=O)N1CCc2c(C(=O)N3CCC(c4ccccc4C(F)(F)F)CC3)n[nH]c2C1.